The van der Waals surface area contributed by atoms with Gasteiger partial charge in [-0.1, -0.05) is 6.07 Å². The molecule has 90 valence electrons. The average molecular weight is 268 g/mol. The molecular weight excluding hydrogens is 254 g/mol. The Labute approximate surface area is 110 Å². The van der Waals surface area contributed by atoms with Crippen LogP contribution in [0.3, 0.4) is 0 Å². The predicted molar refractivity (Wildman–Crippen MR) is 72.8 cm³/mol. The summed E-state index contributed by atoms with van der Waals surface area (Å²) in [6.45, 7) is 5.79. The lowest BCUT2D eigenvalue weighted by Gasteiger charge is -2.21. The molecule has 0 bridgehead atoms. The van der Waals surface area contributed by atoms with Crippen LogP contribution in [-0.4, -0.2) is 16.5 Å². The van der Waals surface area contributed by atoms with Crippen molar-refractivity contribution >= 4 is 28.8 Å². The molecule has 0 aliphatic rings. The van der Waals surface area contributed by atoms with Crippen LogP contribution in [0.5, 0.6) is 0 Å². The number of hydrogen-bond acceptors (Lipinski definition) is 4. The third-order valence-electron chi connectivity index (χ3n) is 2.45. The van der Waals surface area contributed by atoms with E-state index in [1.54, 1.807) is 11.3 Å². The first kappa shape index (κ1) is 12.3. The van der Waals surface area contributed by atoms with Crippen LogP contribution < -0.4 is 4.90 Å². The molecule has 3 nitrogen and oxygen atoms in total. The second kappa shape index (κ2) is 5.47. The molecule has 0 amide bonds. The molecule has 0 unspecified atom stereocenters. The summed E-state index contributed by atoms with van der Waals surface area (Å²) in [5, 5.41) is 2.39. The molecule has 0 radical (unpaired) electrons. The normalized spacial score (nSPS) is 10.5. The van der Waals surface area contributed by atoms with Crippen molar-refractivity contribution in [2.45, 2.75) is 20.4 Å². The number of anilines is 1. The zero-order valence-electron chi connectivity index (χ0n) is 9.85. The van der Waals surface area contributed by atoms with Crippen molar-refractivity contribution in [1.29, 1.82) is 0 Å². The molecular formula is C12H14ClN3S. The van der Waals surface area contributed by atoms with Crippen LogP contribution in [-0.2, 0) is 6.54 Å². The smallest absolute Gasteiger partial charge is 0.224 e. The van der Waals surface area contributed by atoms with Crippen molar-refractivity contribution < 1.29 is 0 Å². The van der Waals surface area contributed by atoms with E-state index in [-0.39, 0.29) is 0 Å². The van der Waals surface area contributed by atoms with Gasteiger partial charge in [-0.25, -0.2) is 9.97 Å². The molecule has 0 aliphatic heterocycles. The lowest BCUT2D eigenvalue weighted by molar-refractivity contribution is 0.817. The maximum atomic E-state index is 5.89. The molecule has 0 fully saturated rings. The van der Waals surface area contributed by atoms with Gasteiger partial charge in [0, 0.05) is 23.2 Å². The minimum Gasteiger partial charge on any atom is -0.352 e. The van der Waals surface area contributed by atoms with Gasteiger partial charge in [-0.05, 0) is 36.9 Å². The van der Waals surface area contributed by atoms with Gasteiger partial charge in [0.05, 0.1) is 6.54 Å². The summed E-state index contributed by atoms with van der Waals surface area (Å²) in [5.74, 6) is 0.887. The summed E-state index contributed by atoms with van der Waals surface area (Å²) in [6, 6.07) is 6.15. The first-order chi connectivity index (χ1) is 8.19. The van der Waals surface area contributed by atoms with Gasteiger partial charge in [0.25, 0.3) is 0 Å². The molecule has 0 atom stereocenters. The minimum absolute atomic E-state index is 0.310. The van der Waals surface area contributed by atoms with E-state index in [0.717, 1.165) is 24.6 Å². The van der Waals surface area contributed by atoms with Gasteiger partial charge in [0.1, 0.15) is 5.82 Å². The van der Waals surface area contributed by atoms with Crippen LogP contribution in [0.2, 0.25) is 5.28 Å². The molecule has 2 aromatic rings. The second-order valence-electron chi connectivity index (χ2n) is 3.73. The van der Waals surface area contributed by atoms with Gasteiger partial charge >= 0.3 is 0 Å². The van der Waals surface area contributed by atoms with E-state index in [0.29, 0.717) is 5.28 Å². The quantitative estimate of drug-likeness (QED) is 0.794. The Morgan fingerprint density at radius 2 is 2.24 bits per heavy atom. The summed E-state index contributed by atoms with van der Waals surface area (Å²) in [5.41, 5.74) is 0.893. The van der Waals surface area contributed by atoms with E-state index < -0.39 is 0 Å². The maximum Gasteiger partial charge on any atom is 0.224 e. The van der Waals surface area contributed by atoms with Gasteiger partial charge in [-0.2, -0.15) is 0 Å². The first-order valence-corrected chi connectivity index (χ1v) is 6.73. The molecule has 0 aromatic carbocycles. The van der Waals surface area contributed by atoms with Gasteiger partial charge in [0.15, 0.2) is 0 Å². The monoisotopic (exact) mass is 267 g/mol. The highest BCUT2D eigenvalue weighted by Gasteiger charge is 2.09. The molecule has 5 heteroatoms. The Bertz CT molecular complexity index is 464. The molecule has 0 aliphatic carbocycles. The summed E-state index contributed by atoms with van der Waals surface area (Å²) >= 11 is 7.64. The zero-order chi connectivity index (χ0) is 12.3. The Balaban J connectivity index is 2.22. The molecule has 0 N–H and O–H groups in total. The van der Waals surface area contributed by atoms with Gasteiger partial charge in [-0.15, -0.1) is 11.3 Å². The van der Waals surface area contributed by atoms with Crippen LogP contribution >= 0.6 is 22.9 Å². The topological polar surface area (TPSA) is 29.0 Å². The number of aryl methyl sites for hydroxylation is 1. The van der Waals surface area contributed by atoms with Gasteiger partial charge < -0.3 is 4.90 Å². The molecule has 2 heterocycles. The molecule has 0 saturated heterocycles. The fourth-order valence-electron chi connectivity index (χ4n) is 1.62. The SMILES string of the molecule is CCN(Cc1cccs1)c1cc(C)nc(Cl)n1. The van der Waals surface area contributed by atoms with Crippen molar-refractivity contribution in [1.82, 2.24) is 9.97 Å². The van der Waals surface area contributed by atoms with E-state index in [1.807, 2.05) is 13.0 Å². The fraction of sp³-hybridized carbons (Fsp3) is 0.333. The largest absolute Gasteiger partial charge is 0.352 e. The lowest BCUT2D eigenvalue weighted by Crippen LogP contribution is -2.22. The summed E-state index contributed by atoms with van der Waals surface area (Å²) in [6.07, 6.45) is 0. The summed E-state index contributed by atoms with van der Waals surface area (Å²) < 4.78 is 0. The van der Waals surface area contributed by atoms with Gasteiger partial charge in [0.2, 0.25) is 5.28 Å². The van der Waals surface area contributed by atoms with Crippen LogP contribution in [0.4, 0.5) is 5.82 Å². The van der Waals surface area contributed by atoms with Crippen LogP contribution in [0, 0.1) is 6.92 Å². The van der Waals surface area contributed by atoms with Crippen molar-refractivity contribution in [3.8, 4) is 0 Å². The standard InChI is InChI=1S/C12H14ClN3S/c1-3-16(8-10-5-4-6-17-10)11-7-9(2)14-12(13)15-11/h4-7H,3,8H2,1-2H3. The Morgan fingerprint density at radius 3 is 2.82 bits per heavy atom. The zero-order valence-corrected chi connectivity index (χ0v) is 11.4. The fourth-order valence-corrected chi connectivity index (χ4v) is 2.56. The molecule has 0 saturated carbocycles. The highest BCUT2D eigenvalue weighted by atomic mass is 35.5. The Hall–Kier alpha value is -1.13. The van der Waals surface area contributed by atoms with E-state index in [2.05, 4.69) is 39.3 Å². The Kier molecular flexibility index (Phi) is 3.97. The van der Waals surface area contributed by atoms with Crippen LogP contribution in [0.25, 0.3) is 0 Å². The molecule has 2 aromatic heterocycles. The maximum absolute atomic E-state index is 5.89. The third-order valence-corrected chi connectivity index (χ3v) is 3.48. The minimum atomic E-state index is 0.310. The second-order valence-corrected chi connectivity index (χ2v) is 5.10. The average Bonchev–Trinajstić information content (AvgIpc) is 2.77. The summed E-state index contributed by atoms with van der Waals surface area (Å²) in [4.78, 5) is 11.9. The number of aromatic nitrogens is 2. The first-order valence-electron chi connectivity index (χ1n) is 5.47. The predicted octanol–water partition coefficient (Wildman–Crippen LogP) is 3.53. The molecule has 0 spiro atoms. The van der Waals surface area contributed by atoms with Crippen molar-refractivity contribution in [2.75, 3.05) is 11.4 Å². The van der Waals surface area contributed by atoms with Crippen molar-refractivity contribution in [3.63, 3.8) is 0 Å². The number of rotatable bonds is 4. The molecule has 17 heavy (non-hydrogen) atoms. The number of thiophene rings is 1. The van der Waals surface area contributed by atoms with Crippen molar-refractivity contribution in [3.05, 3.63) is 39.4 Å². The highest BCUT2D eigenvalue weighted by Crippen LogP contribution is 2.19. The van der Waals surface area contributed by atoms with Crippen molar-refractivity contribution in [2.24, 2.45) is 0 Å². The lowest BCUT2D eigenvalue weighted by atomic mass is 10.3. The van der Waals surface area contributed by atoms with Gasteiger partial charge in [-0.3, -0.25) is 0 Å². The van der Waals surface area contributed by atoms with E-state index in [4.69, 9.17) is 11.6 Å². The highest BCUT2D eigenvalue weighted by molar-refractivity contribution is 7.09. The van der Waals surface area contributed by atoms with E-state index >= 15 is 0 Å². The molecule has 2 rings (SSSR count). The van der Waals surface area contributed by atoms with E-state index in [9.17, 15) is 0 Å². The number of nitrogens with zero attached hydrogens (tertiary/aromatic N) is 3. The van der Waals surface area contributed by atoms with Crippen LogP contribution in [0.1, 0.15) is 17.5 Å². The summed E-state index contributed by atoms with van der Waals surface area (Å²) in [7, 11) is 0. The van der Waals surface area contributed by atoms with E-state index in [1.165, 1.54) is 4.88 Å². The van der Waals surface area contributed by atoms with Crippen LogP contribution in [0.15, 0.2) is 23.6 Å². The third kappa shape index (κ3) is 3.17. The Morgan fingerprint density at radius 1 is 1.41 bits per heavy atom. The number of hydrogen-bond donors (Lipinski definition) is 0. The number of halogens is 1.